The van der Waals surface area contributed by atoms with Gasteiger partial charge in [0, 0.05) is 6.07 Å². The van der Waals surface area contributed by atoms with Crippen LogP contribution < -0.4 is 0 Å². The molecule has 0 aromatic heterocycles. The second-order valence-electron chi connectivity index (χ2n) is 4.94. The van der Waals surface area contributed by atoms with Crippen LogP contribution in [0.1, 0.15) is 11.1 Å². The predicted molar refractivity (Wildman–Crippen MR) is 85.2 cm³/mol. The molecule has 0 aliphatic heterocycles. The van der Waals surface area contributed by atoms with Crippen LogP contribution in [0, 0.1) is 20.2 Å². The largest absolute Gasteiger partial charge is 0.489 e. The number of rotatable bonds is 8. The van der Waals surface area contributed by atoms with Gasteiger partial charge in [-0.15, -0.1) is 0 Å². The summed E-state index contributed by atoms with van der Waals surface area (Å²) >= 11 is 0. The first-order valence-electron chi connectivity index (χ1n) is 7.14. The Kier molecular flexibility index (Phi) is 5.58. The van der Waals surface area contributed by atoms with E-state index in [0.717, 1.165) is 0 Å². The third-order valence-electron chi connectivity index (χ3n) is 3.46. The number of ether oxygens (including phenoxy) is 2. The van der Waals surface area contributed by atoms with Gasteiger partial charge < -0.3 is 9.47 Å². The molecule has 0 aliphatic rings. The maximum Gasteiger partial charge on any atom is 0.489 e. The van der Waals surface area contributed by atoms with Gasteiger partial charge in [0.25, 0.3) is 12.2 Å². The molecule has 0 aliphatic carbocycles. The van der Waals surface area contributed by atoms with E-state index in [4.69, 9.17) is 4.74 Å². The molecule has 26 heavy (non-hydrogen) atoms. The van der Waals surface area contributed by atoms with Crippen molar-refractivity contribution in [1.82, 2.24) is 0 Å². The van der Waals surface area contributed by atoms with Gasteiger partial charge in [-0.25, -0.2) is 4.79 Å². The zero-order valence-corrected chi connectivity index (χ0v) is 13.1. The van der Waals surface area contributed by atoms with Crippen LogP contribution in [0.2, 0.25) is 0 Å². The summed E-state index contributed by atoms with van der Waals surface area (Å²) < 4.78 is 9.40. The molecule has 0 saturated heterocycles. The maximum absolute atomic E-state index is 12.4. The van der Waals surface area contributed by atoms with Gasteiger partial charge >= 0.3 is 11.7 Å². The highest BCUT2D eigenvalue weighted by Crippen LogP contribution is 2.29. The van der Waals surface area contributed by atoms with Gasteiger partial charge in [0.05, 0.1) is 21.0 Å². The smallest absolute Gasteiger partial charge is 0.452 e. The Bertz CT molecular complexity index is 839. The van der Waals surface area contributed by atoms with Gasteiger partial charge in [-0.05, 0) is 18.2 Å². The molecular formula is C16H12N2O8. The lowest BCUT2D eigenvalue weighted by atomic mass is 10.0. The number of para-hydroxylation sites is 1. The molecule has 0 radical (unpaired) electrons. The summed E-state index contributed by atoms with van der Waals surface area (Å²) in [6.07, 6.45) is 0. The first-order chi connectivity index (χ1) is 12.4. The van der Waals surface area contributed by atoms with E-state index in [0.29, 0.717) is 0 Å². The third kappa shape index (κ3) is 3.48. The van der Waals surface area contributed by atoms with Crippen LogP contribution in [0.3, 0.4) is 0 Å². The standard InChI is InChI=1S/C16H12N2O8/c19-11-26-16(18(23)24,13-7-2-1-3-8-13)15(20)25-10-12-6-4-5-9-14(12)17(21)22/h1-9,11H,10H2. The van der Waals surface area contributed by atoms with Crippen molar-refractivity contribution in [2.75, 3.05) is 0 Å². The highest BCUT2D eigenvalue weighted by molar-refractivity contribution is 5.80. The molecule has 10 nitrogen and oxygen atoms in total. The van der Waals surface area contributed by atoms with E-state index in [-0.39, 0.29) is 23.3 Å². The Balaban J connectivity index is 2.35. The number of nitro groups is 2. The zero-order chi connectivity index (χ0) is 19.2. The summed E-state index contributed by atoms with van der Waals surface area (Å²) in [4.78, 5) is 44.0. The van der Waals surface area contributed by atoms with Gasteiger partial charge in [-0.2, -0.15) is 0 Å². The fraction of sp³-hybridized carbons (Fsp3) is 0.125. The first-order valence-corrected chi connectivity index (χ1v) is 7.14. The van der Waals surface area contributed by atoms with Crippen molar-refractivity contribution in [3.63, 3.8) is 0 Å². The van der Waals surface area contributed by atoms with Gasteiger partial charge in [0.1, 0.15) is 6.61 Å². The number of carbonyl (C=O) groups excluding carboxylic acids is 2. The fourth-order valence-electron chi connectivity index (χ4n) is 2.24. The molecule has 1 atom stereocenters. The lowest BCUT2D eigenvalue weighted by Gasteiger charge is -2.21. The van der Waals surface area contributed by atoms with Gasteiger partial charge in [0.15, 0.2) is 0 Å². The summed E-state index contributed by atoms with van der Waals surface area (Å²) in [5.74, 6) is -1.49. The van der Waals surface area contributed by atoms with E-state index >= 15 is 0 Å². The maximum atomic E-state index is 12.4. The molecule has 2 aromatic rings. The van der Waals surface area contributed by atoms with E-state index in [1.165, 1.54) is 48.5 Å². The molecule has 2 rings (SSSR count). The minimum atomic E-state index is -2.91. The number of nitro benzene ring substituents is 1. The molecule has 134 valence electrons. The van der Waals surface area contributed by atoms with E-state index in [1.807, 2.05) is 0 Å². The quantitative estimate of drug-likeness (QED) is 0.229. The fourth-order valence-corrected chi connectivity index (χ4v) is 2.24. The highest BCUT2D eigenvalue weighted by Gasteiger charge is 2.58. The molecule has 0 N–H and O–H groups in total. The van der Waals surface area contributed by atoms with Crippen molar-refractivity contribution in [2.24, 2.45) is 0 Å². The molecule has 2 aromatic carbocycles. The number of hydrogen-bond acceptors (Lipinski definition) is 8. The molecule has 10 heteroatoms. The average molecular weight is 360 g/mol. The third-order valence-corrected chi connectivity index (χ3v) is 3.46. The number of esters is 1. The molecule has 0 fully saturated rings. The van der Waals surface area contributed by atoms with Crippen molar-refractivity contribution < 1.29 is 28.9 Å². The Morgan fingerprint density at radius 1 is 1.04 bits per heavy atom. The molecule has 0 saturated carbocycles. The monoisotopic (exact) mass is 360 g/mol. The summed E-state index contributed by atoms with van der Waals surface area (Å²) in [7, 11) is 0. The van der Waals surface area contributed by atoms with Crippen LogP contribution >= 0.6 is 0 Å². The van der Waals surface area contributed by atoms with Crippen LogP contribution in [0.15, 0.2) is 54.6 Å². The summed E-state index contributed by atoms with van der Waals surface area (Å²) in [6, 6.07) is 12.3. The number of benzene rings is 2. The summed E-state index contributed by atoms with van der Waals surface area (Å²) in [5.41, 5.74) is -3.43. The topological polar surface area (TPSA) is 139 Å². The number of hydrogen-bond donors (Lipinski definition) is 0. The number of carbonyl (C=O) groups is 2. The lowest BCUT2D eigenvalue weighted by molar-refractivity contribution is -0.613. The van der Waals surface area contributed by atoms with Crippen LogP contribution in [-0.4, -0.2) is 22.3 Å². The Morgan fingerprint density at radius 3 is 2.23 bits per heavy atom. The number of nitrogens with zero attached hydrogens (tertiary/aromatic N) is 2. The minimum Gasteiger partial charge on any atom is -0.452 e. The summed E-state index contributed by atoms with van der Waals surface area (Å²) in [5, 5.41) is 22.5. The molecule has 1 unspecified atom stereocenters. The second kappa shape index (κ2) is 7.83. The first kappa shape index (κ1) is 18.5. The molecule has 0 amide bonds. The van der Waals surface area contributed by atoms with E-state index in [1.54, 1.807) is 6.07 Å². The summed E-state index contributed by atoms with van der Waals surface area (Å²) in [6.45, 7) is -0.845. The van der Waals surface area contributed by atoms with Crippen LogP contribution in [-0.2, 0) is 31.4 Å². The van der Waals surface area contributed by atoms with E-state index in [2.05, 4.69) is 4.74 Å². The molecule has 0 bridgehead atoms. The minimum absolute atomic E-state index is 0.0299. The molecular weight excluding hydrogens is 348 g/mol. The van der Waals surface area contributed by atoms with Crippen molar-refractivity contribution in [2.45, 2.75) is 12.3 Å². The Labute approximate surface area is 146 Å². The SMILES string of the molecule is O=COC(C(=O)OCc1ccccc1[N+](=O)[O-])(c1ccccc1)[N+](=O)[O-]. The van der Waals surface area contributed by atoms with Crippen LogP contribution in [0.25, 0.3) is 0 Å². The Morgan fingerprint density at radius 2 is 1.65 bits per heavy atom. The van der Waals surface area contributed by atoms with Crippen molar-refractivity contribution in [1.29, 1.82) is 0 Å². The molecule has 0 heterocycles. The lowest BCUT2D eigenvalue weighted by Crippen LogP contribution is -2.47. The van der Waals surface area contributed by atoms with Crippen molar-refractivity contribution in [3.8, 4) is 0 Å². The van der Waals surface area contributed by atoms with Crippen molar-refractivity contribution in [3.05, 3.63) is 86.0 Å². The predicted octanol–water partition coefficient (Wildman–Crippen LogP) is 1.94. The molecule has 0 spiro atoms. The second-order valence-corrected chi connectivity index (χ2v) is 4.94. The zero-order valence-electron chi connectivity index (χ0n) is 13.1. The van der Waals surface area contributed by atoms with Gasteiger partial charge in [-0.1, -0.05) is 30.3 Å². The van der Waals surface area contributed by atoms with Crippen molar-refractivity contribution >= 4 is 18.1 Å². The Hall–Kier alpha value is -3.82. The normalized spacial score (nSPS) is 12.5. The van der Waals surface area contributed by atoms with Crippen LogP contribution in [0.4, 0.5) is 5.69 Å². The van der Waals surface area contributed by atoms with E-state index < -0.39 is 28.1 Å². The highest BCUT2D eigenvalue weighted by atomic mass is 16.7. The average Bonchev–Trinajstić information content (AvgIpc) is 2.64. The van der Waals surface area contributed by atoms with Crippen LogP contribution in [0.5, 0.6) is 0 Å². The van der Waals surface area contributed by atoms with E-state index in [9.17, 15) is 29.8 Å². The van der Waals surface area contributed by atoms with Gasteiger partial charge in [-0.3, -0.25) is 25.0 Å². The van der Waals surface area contributed by atoms with Gasteiger partial charge in [0.2, 0.25) is 0 Å².